The van der Waals surface area contributed by atoms with Crippen molar-refractivity contribution in [2.75, 3.05) is 20.3 Å². The molecule has 1 N–H and O–H groups in total. The number of aryl methyl sites for hydroxylation is 2. The minimum Gasteiger partial charge on any atom is -0.385 e. The summed E-state index contributed by atoms with van der Waals surface area (Å²) in [6.45, 7) is 5.16. The fourth-order valence-electron chi connectivity index (χ4n) is 2.89. The fraction of sp³-hybridized carbons (Fsp3) is 0.733. The molecule has 0 saturated carbocycles. The lowest BCUT2D eigenvalue weighted by Crippen LogP contribution is -2.20. The Morgan fingerprint density at radius 1 is 1.39 bits per heavy atom. The highest BCUT2D eigenvalue weighted by atomic mass is 16.5. The molecule has 18 heavy (non-hydrogen) atoms. The van der Waals surface area contributed by atoms with Crippen LogP contribution in [0.2, 0.25) is 0 Å². The number of hydrogen-bond acceptors (Lipinski definition) is 2. The summed E-state index contributed by atoms with van der Waals surface area (Å²) >= 11 is 0. The van der Waals surface area contributed by atoms with Crippen LogP contribution in [0.4, 0.5) is 0 Å². The summed E-state index contributed by atoms with van der Waals surface area (Å²) in [5.74, 6) is 0. The second-order valence-electron chi connectivity index (χ2n) is 5.18. The fourth-order valence-corrected chi connectivity index (χ4v) is 2.89. The van der Waals surface area contributed by atoms with Crippen molar-refractivity contribution in [1.29, 1.82) is 0 Å². The normalized spacial score (nSPS) is 19.6. The van der Waals surface area contributed by atoms with Crippen LogP contribution in [0.1, 0.15) is 49.8 Å². The largest absolute Gasteiger partial charge is 0.385 e. The van der Waals surface area contributed by atoms with Crippen LogP contribution in [-0.4, -0.2) is 24.8 Å². The molecule has 2 rings (SSSR count). The first kappa shape index (κ1) is 13.6. The summed E-state index contributed by atoms with van der Waals surface area (Å²) in [4.78, 5) is 0. The number of aromatic nitrogens is 1. The Labute approximate surface area is 111 Å². The maximum Gasteiger partial charge on any atom is 0.0479 e. The zero-order valence-electron chi connectivity index (χ0n) is 11.7. The highest BCUT2D eigenvalue weighted by Crippen LogP contribution is 2.29. The standard InChI is InChI=1S/C15H26N2O/c1-3-16-15-8-5-4-7-13-11-17(12-14(13)15)9-6-10-18-2/h11-12,15-16H,3-10H2,1-2H3. The van der Waals surface area contributed by atoms with Crippen LogP contribution >= 0.6 is 0 Å². The molecular formula is C15H26N2O. The highest BCUT2D eigenvalue weighted by Gasteiger charge is 2.19. The van der Waals surface area contributed by atoms with Crippen LogP contribution in [0.15, 0.2) is 12.4 Å². The quantitative estimate of drug-likeness (QED) is 0.620. The minimum absolute atomic E-state index is 0.566. The second kappa shape index (κ2) is 6.95. The first-order chi connectivity index (χ1) is 8.85. The van der Waals surface area contributed by atoms with E-state index in [1.807, 2.05) is 0 Å². The average Bonchev–Trinajstić information content (AvgIpc) is 2.68. The van der Waals surface area contributed by atoms with Gasteiger partial charge in [0, 0.05) is 38.7 Å². The third kappa shape index (κ3) is 3.36. The summed E-state index contributed by atoms with van der Waals surface area (Å²) < 4.78 is 7.47. The van der Waals surface area contributed by atoms with Gasteiger partial charge in [-0.3, -0.25) is 0 Å². The molecule has 3 heteroatoms. The van der Waals surface area contributed by atoms with Crippen LogP contribution in [-0.2, 0) is 17.7 Å². The van der Waals surface area contributed by atoms with E-state index < -0.39 is 0 Å². The topological polar surface area (TPSA) is 26.2 Å². The molecule has 0 fully saturated rings. The van der Waals surface area contributed by atoms with Gasteiger partial charge in [-0.15, -0.1) is 0 Å². The molecule has 0 aromatic carbocycles. The molecule has 1 aliphatic carbocycles. The zero-order chi connectivity index (χ0) is 12.8. The smallest absolute Gasteiger partial charge is 0.0479 e. The van der Waals surface area contributed by atoms with Gasteiger partial charge in [-0.2, -0.15) is 0 Å². The van der Waals surface area contributed by atoms with E-state index in [1.165, 1.54) is 31.2 Å². The van der Waals surface area contributed by atoms with Crippen molar-refractivity contribution >= 4 is 0 Å². The number of rotatable bonds is 6. The Balaban J connectivity index is 2.06. The first-order valence-corrected chi connectivity index (χ1v) is 7.26. The van der Waals surface area contributed by atoms with Gasteiger partial charge in [0.15, 0.2) is 0 Å². The number of nitrogens with one attached hydrogen (secondary N) is 1. The molecule has 0 saturated heterocycles. The van der Waals surface area contributed by atoms with Gasteiger partial charge in [-0.25, -0.2) is 0 Å². The lowest BCUT2D eigenvalue weighted by atomic mass is 10.0. The van der Waals surface area contributed by atoms with E-state index in [4.69, 9.17) is 4.74 Å². The highest BCUT2D eigenvalue weighted by molar-refractivity contribution is 5.29. The molecule has 102 valence electrons. The van der Waals surface area contributed by atoms with Crippen LogP contribution < -0.4 is 5.32 Å². The molecule has 3 nitrogen and oxygen atoms in total. The van der Waals surface area contributed by atoms with Crippen molar-refractivity contribution in [3.05, 3.63) is 23.5 Å². The molecule has 0 aliphatic heterocycles. The lowest BCUT2D eigenvalue weighted by Gasteiger charge is -2.15. The molecule has 0 spiro atoms. The monoisotopic (exact) mass is 250 g/mol. The van der Waals surface area contributed by atoms with Crippen molar-refractivity contribution in [3.63, 3.8) is 0 Å². The molecular weight excluding hydrogens is 224 g/mol. The zero-order valence-corrected chi connectivity index (χ0v) is 11.7. The molecule has 0 radical (unpaired) electrons. The average molecular weight is 250 g/mol. The molecule has 1 aromatic rings. The van der Waals surface area contributed by atoms with E-state index in [2.05, 4.69) is 29.2 Å². The number of ether oxygens (including phenoxy) is 1. The Bertz CT molecular complexity index is 359. The van der Waals surface area contributed by atoms with Gasteiger partial charge >= 0.3 is 0 Å². The SMILES string of the molecule is CCNC1CCCCc2cn(CCCOC)cc21. The van der Waals surface area contributed by atoms with Crippen molar-refractivity contribution in [2.45, 2.75) is 51.6 Å². The van der Waals surface area contributed by atoms with E-state index >= 15 is 0 Å². The summed E-state index contributed by atoms with van der Waals surface area (Å²) in [7, 11) is 1.77. The van der Waals surface area contributed by atoms with Gasteiger partial charge < -0.3 is 14.6 Å². The minimum atomic E-state index is 0.566. The number of methoxy groups -OCH3 is 1. The van der Waals surface area contributed by atoms with E-state index in [-0.39, 0.29) is 0 Å². The van der Waals surface area contributed by atoms with Crippen molar-refractivity contribution in [3.8, 4) is 0 Å². The third-order valence-electron chi connectivity index (χ3n) is 3.78. The molecule has 1 heterocycles. The lowest BCUT2D eigenvalue weighted by molar-refractivity contribution is 0.190. The van der Waals surface area contributed by atoms with E-state index in [9.17, 15) is 0 Å². The Kier molecular flexibility index (Phi) is 5.26. The predicted molar refractivity (Wildman–Crippen MR) is 74.9 cm³/mol. The van der Waals surface area contributed by atoms with Crippen LogP contribution in [0.3, 0.4) is 0 Å². The van der Waals surface area contributed by atoms with Crippen LogP contribution in [0.5, 0.6) is 0 Å². The molecule has 0 bridgehead atoms. The number of fused-ring (bicyclic) bond motifs is 1. The number of hydrogen-bond donors (Lipinski definition) is 1. The molecule has 1 aliphatic rings. The van der Waals surface area contributed by atoms with E-state index in [1.54, 1.807) is 12.7 Å². The summed E-state index contributed by atoms with van der Waals surface area (Å²) in [5.41, 5.74) is 3.09. The Hall–Kier alpha value is -0.800. The number of nitrogens with zero attached hydrogens (tertiary/aromatic N) is 1. The summed E-state index contributed by atoms with van der Waals surface area (Å²) in [6.07, 6.45) is 11.0. The van der Waals surface area contributed by atoms with Crippen molar-refractivity contribution in [1.82, 2.24) is 9.88 Å². The molecule has 1 aromatic heterocycles. The van der Waals surface area contributed by atoms with Gasteiger partial charge in [-0.05, 0) is 43.4 Å². The summed E-state index contributed by atoms with van der Waals surface area (Å²) in [5, 5.41) is 3.62. The summed E-state index contributed by atoms with van der Waals surface area (Å²) in [6, 6.07) is 0.566. The van der Waals surface area contributed by atoms with E-state index in [0.29, 0.717) is 6.04 Å². The van der Waals surface area contributed by atoms with Gasteiger partial charge in [0.25, 0.3) is 0 Å². The Morgan fingerprint density at radius 2 is 2.28 bits per heavy atom. The molecule has 1 unspecified atom stereocenters. The first-order valence-electron chi connectivity index (χ1n) is 7.26. The maximum atomic E-state index is 5.12. The van der Waals surface area contributed by atoms with Crippen LogP contribution in [0.25, 0.3) is 0 Å². The Morgan fingerprint density at radius 3 is 3.06 bits per heavy atom. The third-order valence-corrected chi connectivity index (χ3v) is 3.78. The predicted octanol–water partition coefficient (Wildman–Crippen LogP) is 2.90. The second-order valence-corrected chi connectivity index (χ2v) is 5.18. The van der Waals surface area contributed by atoms with Crippen molar-refractivity contribution < 1.29 is 4.74 Å². The van der Waals surface area contributed by atoms with Gasteiger partial charge in [0.05, 0.1) is 0 Å². The van der Waals surface area contributed by atoms with Gasteiger partial charge in [-0.1, -0.05) is 13.3 Å². The maximum absolute atomic E-state index is 5.12. The molecule has 0 amide bonds. The molecule has 1 atom stereocenters. The van der Waals surface area contributed by atoms with E-state index in [0.717, 1.165) is 26.1 Å². The van der Waals surface area contributed by atoms with Crippen LogP contribution in [0, 0.1) is 0 Å². The van der Waals surface area contributed by atoms with Crippen molar-refractivity contribution in [2.24, 2.45) is 0 Å². The van der Waals surface area contributed by atoms with Gasteiger partial charge in [0.2, 0.25) is 0 Å². The van der Waals surface area contributed by atoms with Gasteiger partial charge in [0.1, 0.15) is 0 Å².